The Labute approximate surface area is 159 Å². The zero-order valence-electron chi connectivity index (χ0n) is 15.1. The summed E-state index contributed by atoms with van der Waals surface area (Å²) >= 11 is 0. The molecule has 4 rings (SSSR count). The molecule has 1 saturated heterocycles. The first-order valence-electron chi connectivity index (χ1n) is 8.97. The number of allylic oxidation sites excluding steroid dienone is 3. The maximum atomic E-state index is 11.7. The number of halogens is 1. The summed E-state index contributed by atoms with van der Waals surface area (Å²) in [5.74, 6) is 0.885. The van der Waals surface area contributed by atoms with Crippen molar-refractivity contribution in [1.82, 2.24) is 4.90 Å². The van der Waals surface area contributed by atoms with Crippen molar-refractivity contribution >= 4 is 24.3 Å². The lowest BCUT2D eigenvalue weighted by Crippen LogP contribution is -2.39. The van der Waals surface area contributed by atoms with E-state index < -0.39 is 6.29 Å². The molecule has 142 valence electrons. The van der Waals surface area contributed by atoms with E-state index in [0.29, 0.717) is 12.3 Å². The summed E-state index contributed by atoms with van der Waals surface area (Å²) in [4.78, 5) is 25.1. The van der Waals surface area contributed by atoms with Crippen LogP contribution in [0.1, 0.15) is 58.8 Å². The summed E-state index contributed by atoms with van der Waals surface area (Å²) in [6.45, 7) is 2.83. The molecular formula is C19H24ClNO5. The predicted molar refractivity (Wildman–Crippen MR) is 95.4 cm³/mol. The van der Waals surface area contributed by atoms with E-state index in [1.54, 1.807) is 0 Å². The minimum Gasteiger partial charge on any atom is -0.456 e. The van der Waals surface area contributed by atoms with Crippen molar-refractivity contribution in [3.8, 4) is 0 Å². The molecule has 7 heteroatoms. The molecule has 0 aromatic rings. The van der Waals surface area contributed by atoms with Crippen molar-refractivity contribution < 1.29 is 23.8 Å². The van der Waals surface area contributed by atoms with Crippen LogP contribution in [0, 0.1) is 5.41 Å². The van der Waals surface area contributed by atoms with Gasteiger partial charge in [-0.05, 0) is 32.1 Å². The van der Waals surface area contributed by atoms with Gasteiger partial charge in [0.2, 0.25) is 12.2 Å². The fourth-order valence-electron chi connectivity index (χ4n) is 4.58. The van der Waals surface area contributed by atoms with Gasteiger partial charge in [0, 0.05) is 32.0 Å². The highest BCUT2D eigenvalue weighted by Crippen LogP contribution is 2.60. The number of nitrogens with zero attached hydrogens (tertiary/aromatic N) is 1. The van der Waals surface area contributed by atoms with E-state index >= 15 is 0 Å². The second kappa shape index (κ2) is 6.99. The third kappa shape index (κ3) is 2.90. The van der Waals surface area contributed by atoms with Gasteiger partial charge in [-0.1, -0.05) is 12.5 Å². The molecule has 4 aliphatic rings. The van der Waals surface area contributed by atoms with Crippen LogP contribution in [0.25, 0.3) is 0 Å². The fraction of sp³-hybridized carbons (Fsp3) is 0.579. The summed E-state index contributed by atoms with van der Waals surface area (Å²) in [6.07, 6.45) is 9.72. The highest BCUT2D eigenvalue weighted by Gasteiger charge is 2.56. The monoisotopic (exact) mass is 381 g/mol. The number of hydrogen-bond donors (Lipinski definition) is 0. The Morgan fingerprint density at radius 2 is 2.04 bits per heavy atom. The lowest BCUT2D eigenvalue weighted by molar-refractivity contribution is -0.163. The number of carbonyl (C=O) groups is 2. The number of ether oxygens (including phenoxy) is 3. The molecule has 1 aliphatic carbocycles. The fourth-order valence-corrected chi connectivity index (χ4v) is 4.58. The predicted octanol–water partition coefficient (Wildman–Crippen LogP) is 3.89. The van der Waals surface area contributed by atoms with Crippen LogP contribution in [-0.4, -0.2) is 23.1 Å². The summed E-state index contributed by atoms with van der Waals surface area (Å²) < 4.78 is 17.2. The Hall–Kier alpha value is -1.95. The molecule has 0 bridgehead atoms. The number of carbonyl (C=O) groups excluding carboxylic acids is 2. The Balaban J connectivity index is 0.00000196. The van der Waals surface area contributed by atoms with Gasteiger partial charge in [0.25, 0.3) is 0 Å². The molecule has 26 heavy (non-hydrogen) atoms. The number of esters is 2. The molecule has 0 N–H and O–H groups in total. The Kier molecular flexibility index (Phi) is 5.06. The minimum atomic E-state index is -0.572. The number of hydrogen-bond acceptors (Lipinski definition) is 6. The molecule has 2 fully saturated rings. The van der Waals surface area contributed by atoms with Crippen LogP contribution in [0.5, 0.6) is 0 Å². The smallest absolute Gasteiger partial charge is 0.309 e. The van der Waals surface area contributed by atoms with Crippen molar-refractivity contribution in [2.24, 2.45) is 5.41 Å². The molecule has 3 aliphatic heterocycles. The molecule has 0 radical (unpaired) electrons. The van der Waals surface area contributed by atoms with Crippen LogP contribution in [-0.2, 0) is 23.8 Å². The maximum absolute atomic E-state index is 11.7. The van der Waals surface area contributed by atoms with Crippen LogP contribution >= 0.6 is 12.4 Å². The van der Waals surface area contributed by atoms with E-state index in [0.717, 1.165) is 55.6 Å². The van der Waals surface area contributed by atoms with Crippen molar-refractivity contribution in [3.63, 3.8) is 0 Å². The molecular weight excluding hydrogens is 358 g/mol. The molecule has 1 spiro atoms. The topological polar surface area (TPSA) is 65.1 Å². The van der Waals surface area contributed by atoms with Gasteiger partial charge in [0.1, 0.15) is 5.76 Å². The quantitative estimate of drug-likeness (QED) is 0.676. The summed E-state index contributed by atoms with van der Waals surface area (Å²) in [5, 5.41) is 0. The molecule has 2 unspecified atom stereocenters. The normalized spacial score (nSPS) is 29.2. The second-order valence-electron chi connectivity index (χ2n) is 7.10. The molecule has 1 saturated carbocycles. The highest BCUT2D eigenvalue weighted by atomic mass is 35.5. The van der Waals surface area contributed by atoms with E-state index in [1.807, 2.05) is 11.1 Å². The van der Waals surface area contributed by atoms with Gasteiger partial charge in [0.15, 0.2) is 0 Å². The van der Waals surface area contributed by atoms with Crippen LogP contribution < -0.4 is 0 Å². The van der Waals surface area contributed by atoms with Crippen molar-refractivity contribution in [2.45, 2.75) is 65.1 Å². The SMILES string of the molecule is CC(=O)OC1=C2CCCCC23CC(OC(C)=O)OC3=C2CCC=CN21.Cl. The lowest BCUT2D eigenvalue weighted by atomic mass is 9.66. The lowest BCUT2D eigenvalue weighted by Gasteiger charge is -2.44. The number of rotatable bonds is 2. The molecule has 6 nitrogen and oxygen atoms in total. The third-order valence-corrected chi connectivity index (χ3v) is 5.43. The summed E-state index contributed by atoms with van der Waals surface area (Å²) in [7, 11) is 0. The van der Waals surface area contributed by atoms with Gasteiger partial charge in [0.05, 0.1) is 11.1 Å². The van der Waals surface area contributed by atoms with Gasteiger partial charge >= 0.3 is 11.9 Å². The average Bonchev–Trinajstić information content (AvgIpc) is 2.91. The molecule has 0 amide bonds. The second-order valence-corrected chi connectivity index (χ2v) is 7.10. The van der Waals surface area contributed by atoms with E-state index in [-0.39, 0.29) is 29.8 Å². The van der Waals surface area contributed by atoms with Gasteiger partial charge in [-0.2, -0.15) is 0 Å². The Bertz CT molecular complexity index is 725. The standard InChI is InChI=1S/C19H23NO5.ClH/c1-12(21)23-16-11-19-9-5-3-7-14(19)18(24-13(2)22)20-10-6-4-8-15(20)17(19)25-16;/h6,10,16H,3-5,7-9,11H2,1-2H3;1H. The van der Waals surface area contributed by atoms with E-state index in [4.69, 9.17) is 14.2 Å². The van der Waals surface area contributed by atoms with E-state index in [9.17, 15) is 9.59 Å². The first-order chi connectivity index (χ1) is 12.0. The van der Waals surface area contributed by atoms with E-state index in [1.165, 1.54) is 13.8 Å². The van der Waals surface area contributed by atoms with Gasteiger partial charge in [-0.25, -0.2) is 0 Å². The zero-order valence-corrected chi connectivity index (χ0v) is 15.9. The first-order valence-corrected chi connectivity index (χ1v) is 8.97. The van der Waals surface area contributed by atoms with Crippen molar-refractivity contribution in [1.29, 1.82) is 0 Å². The summed E-state index contributed by atoms with van der Waals surface area (Å²) in [6, 6.07) is 0. The largest absolute Gasteiger partial charge is 0.456 e. The van der Waals surface area contributed by atoms with Crippen LogP contribution in [0.2, 0.25) is 0 Å². The minimum absolute atomic E-state index is 0. The maximum Gasteiger partial charge on any atom is 0.309 e. The highest BCUT2D eigenvalue weighted by molar-refractivity contribution is 5.85. The summed E-state index contributed by atoms with van der Waals surface area (Å²) in [5.41, 5.74) is 1.83. The van der Waals surface area contributed by atoms with Gasteiger partial charge in [-0.3, -0.25) is 14.5 Å². The van der Waals surface area contributed by atoms with Crippen molar-refractivity contribution in [2.75, 3.05) is 0 Å². The average molecular weight is 382 g/mol. The Morgan fingerprint density at radius 3 is 2.77 bits per heavy atom. The van der Waals surface area contributed by atoms with Crippen LogP contribution in [0.4, 0.5) is 0 Å². The van der Waals surface area contributed by atoms with Crippen molar-refractivity contribution in [3.05, 3.63) is 35.2 Å². The zero-order chi connectivity index (χ0) is 17.6. The van der Waals surface area contributed by atoms with Gasteiger partial charge < -0.3 is 14.2 Å². The van der Waals surface area contributed by atoms with E-state index in [2.05, 4.69) is 6.08 Å². The molecule has 2 atom stereocenters. The third-order valence-electron chi connectivity index (χ3n) is 5.43. The Morgan fingerprint density at radius 1 is 1.23 bits per heavy atom. The molecule has 0 aromatic carbocycles. The van der Waals surface area contributed by atoms with Crippen LogP contribution in [0.15, 0.2) is 35.2 Å². The first kappa shape index (κ1) is 18.8. The van der Waals surface area contributed by atoms with Gasteiger partial charge in [-0.15, -0.1) is 12.4 Å². The number of fused-ring (bicyclic) bond motifs is 1. The molecule has 0 aromatic heterocycles. The van der Waals surface area contributed by atoms with Crippen LogP contribution in [0.3, 0.4) is 0 Å². The molecule has 3 heterocycles.